The van der Waals surface area contributed by atoms with Crippen LogP contribution in [0.5, 0.6) is 5.75 Å². The minimum atomic E-state index is 0.664. The first kappa shape index (κ1) is 12.4. The molecular weight excluding hydrogens is 216 g/mol. The van der Waals surface area contributed by atoms with E-state index >= 15 is 0 Å². The van der Waals surface area contributed by atoms with E-state index in [-0.39, 0.29) is 0 Å². The van der Waals surface area contributed by atoms with Crippen LogP contribution in [-0.2, 0) is 11.3 Å². The second-order valence-electron chi connectivity index (χ2n) is 4.32. The Labute approximate surface area is 102 Å². The van der Waals surface area contributed by atoms with Gasteiger partial charge in [0.1, 0.15) is 0 Å². The summed E-state index contributed by atoms with van der Waals surface area (Å²) in [5.74, 6) is 0.855. The molecule has 4 nitrogen and oxygen atoms in total. The van der Waals surface area contributed by atoms with Crippen molar-refractivity contribution in [2.75, 3.05) is 39.8 Å². The first-order chi connectivity index (χ1) is 8.36. The van der Waals surface area contributed by atoms with E-state index in [1.807, 2.05) is 18.2 Å². The van der Waals surface area contributed by atoms with Gasteiger partial charge in [0.15, 0.2) is 5.75 Å². The highest BCUT2D eigenvalue weighted by atomic mass is 17.2. The summed E-state index contributed by atoms with van der Waals surface area (Å²) in [5.41, 5.74) is 1.23. The fraction of sp³-hybridized carbons (Fsp3) is 0.538. The Kier molecular flexibility index (Phi) is 4.79. The molecule has 94 valence electrons. The Balaban J connectivity index is 0.000000136. The van der Waals surface area contributed by atoms with Gasteiger partial charge in [-0.15, -0.1) is 0 Å². The first-order valence-electron chi connectivity index (χ1n) is 6.13. The van der Waals surface area contributed by atoms with Gasteiger partial charge in [-0.3, -0.25) is 0 Å². The largest absolute Gasteiger partial charge is 0.337 e. The van der Waals surface area contributed by atoms with Crippen molar-refractivity contribution < 1.29 is 9.78 Å². The van der Waals surface area contributed by atoms with E-state index in [2.05, 4.69) is 23.3 Å². The van der Waals surface area contributed by atoms with Crippen LogP contribution in [0.3, 0.4) is 0 Å². The zero-order valence-electron chi connectivity index (χ0n) is 10.3. The number of hydrogen-bond acceptors (Lipinski definition) is 4. The molecule has 1 aromatic rings. The van der Waals surface area contributed by atoms with Gasteiger partial charge in [-0.05, 0) is 13.1 Å². The maximum Gasteiger partial charge on any atom is 0.168 e. The molecule has 0 bridgehead atoms. The molecule has 0 saturated carbocycles. The second kappa shape index (κ2) is 6.59. The minimum absolute atomic E-state index is 0.664. The van der Waals surface area contributed by atoms with Crippen LogP contribution in [0.15, 0.2) is 24.3 Å². The lowest BCUT2D eigenvalue weighted by atomic mass is 10.1. The molecule has 0 amide bonds. The van der Waals surface area contributed by atoms with Gasteiger partial charge in [-0.1, -0.05) is 18.2 Å². The molecule has 0 radical (unpaired) electrons. The third kappa shape index (κ3) is 4.00. The maximum atomic E-state index is 4.92. The molecule has 0 spiro atoms. The van der Waals surface area contributed by atoms with Crippen LogP contribution >= 0.6 is 0 Å². The smallest absolute Gasteiger partial charge is 0.168 e. The molecular formula is C13H20N2O2. The molecule has 4 heteroatoms. The standard InChI is InChI=1S/C8H8O2.C5H12N2/c1-2-4-8-7(3-1)5-6-9-10-8;1-7-4-2-6-3-5-7/h1-4H,5-6H2;6H,2-5H2,1H3. The van der Waals surface area contributed by atoms with E-state index < -0.39 is 0 Å². The number of nitrogens with one attached hydrogen (secondary N) is 1. The van der Waals surface area contributed by atoms with E-state index in [1.54, 1.807) is 0 Å². The lowest BCUT2D eigenvalue weighted by molar-refractivity contribution is -0.215. The van der Waals surface area contributed by atoms with Gasteiger partial charge in [0.25, 0.3) is 0 Å². The van der Waals surface area contributed by atoms with E-state index in [0.29, 0.717) is 6.61 Å². The summed E-state index contributed by atoms with van der Waals surface area (Å²) in [5, 5.41) is 3.27. The van der Waals surface area contributed by atoms with Crippen molar-refractivity contribution in [3.8, 4) is 5.75 Å². The number of benzene rings is 1. The van der Waals surface area contributed by atoms with Crippen LogP contribution in [0.25, 0.3) is 0 Å². The van der Waals surface area contributed by atoms with Crippen molar-refractivity contribution in [1.29, 1.82) is 0 Å². The quantitative estimate of drug-likeness (QED) is 0.683. The summed E-state index contributed by atoms with van der Waals surface area (Å²) in [6.45, 7) is 5.41. The monoisotopic (exact) mass is 236 g/mol. The molecule has 0 aliphatic carbocycles. The topological polar surface area (TPSA) is 33.7 Å². The summed E-state index contributed by atoms with van der Waals surface area (Å²) in [6.07, 6.45) is 0.955. The van der Waals surface area contributed by atoms with Gasteiger partial charge < -0.3 is 15.1 Å². The molecule has 1 N–H and O–H groups in total. The molecule has 0 aromatic heterocycles. The third-order valence-corrected chi connectivity index (χ3v) is 2.92. The minimum Gasteiger partial charge on any atom is -0.337 e. The molecule has 3 rings (SSSR count). The van der Waals surface area contributed by atoms with Gasteiger partial charge >= 0.3 is 0 Å². The zero-order valence-corrected chi connectivity index (χ0v) is 10.3. The Morgan fingerprint density at radius 1 is 1.18 bits per heavy atom. The number of likely N-dealkylation sites (N-methyl/N-ethyl adjacent to an activating group) is 1. The highest BCUT2D eigenvalue weighted by Gasteiger charge is 2.08. The van der Waals surface area contributed by atoms with Crippen LogP contribution < -0.4 is 10.2 Å². The number of piperazine rings is 1. The fourth-order valence-electron chi connectivity index (χ4n) is 1.83. The van der Waals surface area contributed by atoms with E-state index in [9.17, 15) is 0 Å². The van der Waals surface area contributed by atoms with Crippen molar-refractivity contribution in [2.45, 2.75) is 6.42 Å². The highest BCUT2D eigenvalue weighted by Crippen LogP contribution is 2.21. The molecule has 1 fully saturated rings. The van der Waals surface area contributed by atoms with Gasteiger partial charge in [0.05, 0.1) is 6.61 Å². The molecule has 2 heterocycles. The van der Waals surface area contributed by atoms with E-state index in [0.717, 1.165) is 25.3 Å². The molecule has 17 heavy (non-hydrogen) atoms. The lowest BCUT2D eigenvalue weighted by Gasteiger charge is -2.21. The van der Waals surface area contributed by atoms with Crippen molar-refractivity contribution in [3.63, 3.8) is 0 Å². The summed E-state index contributed by atoms with van der Waals surface area (Å²) < 4.78 is 0. The van der Waals surface area contributed by atoms with E-state index in [4.69, 9.17) is 9.78 Å². The average molecular weight is 236 g/mol. The molecule has 0 atom stereocenters. The van der Waals surface area contributed by atoms with Crippen LogP contribution in [0.1, 0.15) is 5.56 Å². The Bertz CT molecular complexity index is 313. The van der Waals surface area contributed by atoms with Crippen molar-refractivity contribution in [2.24, 2.45) is 0 Å². The summed E-state index contributed by atoms with van der Waals surface area (Å²) in [6, 6.07) is 7.91. The van der Waals surface area contributed by atoms with E-state index in [1.165, 1.54) is 18.7 Å². The Morgan fingerprint density at radius 3 is 2.59 bits per heavy atom. The maximum absolute atomic E-state index is 4.92. The summed E-state index contributed by atoms with van der Waals surface area (Å²) >= 11 is 0. The van der Waals surface area contributed by atoms with Crippen LogP contribution in [-0.4, -0.2) is 44.7 Å². The molecule has 0 unspecified atom stereocenters. The highest BCUT2D eigenvalue weighted by molar-refractivity contribution is 5.33. The van der Waals surface area contributed by atoms with Gasteiger partial charge in [0.2, 0.25) is 0 Å². The van der Waals surface area contributed by atoms with Crippen LogP contribution in [0.4, 0.5) is 0 Å². The SMILES string of the molecule is CN1CCNCC1.c1ccc2c(c1)CCOO2. The number of nitrogens with zero attached hydrogens (tertiary/aromatic N) is 1. The predicted octanol–water partition coefficient (Wildman–Crippen LogP) is 1.07. The van der Waals surface area contributed by atoms with Crippen molar-refractivity contribution >= 4 is 0 Å². The Morgan fingerprint density at radius 2 is 1.94 bits per heavy atom. The molecule has 1 saturated heterocycles. The normalized spacial score (nSPS) is 19.6. The second-order valence-corrected chi connectivity index (χ2v) is 4.32. The average Bonchev–Trinajstić information content (AvgIpc) is 2.41. The van der Waals surface area contributed by atoms with Crippen LogP contribution in [0, 0.1) is 0 Å². The molecule has 1 aromatic carbocycles. The summed E-state index contributed by atoms with van der Waals surface area (Å²) in [7, 11) is 2.15. The number of para-hydroxylation sites is 1. The summed E-state index contributed by atoms with van der Waals surface area (Å²) in [4.78, 5) is 12.0. The first-order valence-corrected chi connectivity index (χ1v) is 6.13. The molecule has 2 aliphatic rings. The van der Waals surface area contributed by atoms with Gasteiger partial charge in [0, 0.05) is 38.2 Å². The van der Waals surface area contributed by atoms with Gasteiger partial charge in [-0.2, -0.15) is 4.89 Å². The van der Waals surface area contributed by atoms with Crippen LogP contribution in [0.2, 0.25) is 0 Å². The number of rotatable bonds is 0. The van der Waals surface area contributed by atoms with Crippen molar-refractivity contribution in [1.82, 2.24) is 10.2 Å². The van der Waals surface area contributed by atoms with Gasteiger partial charge in [-0.25, -0.2) is 0 Å². The Hall–Kier alpha value is -1.10. The lowest BCUT2D eigenvalue weighted by Crippen LogP contribution is -2.40. The fourth-order valence-corrected chi connectivity index (χ4v) is 1.83. The number of fused-ring (bicyclic) bond motifs is 1. The third-order valence-electron chi connectivity index (χ3n) is 2.92. The molecule has 2 aliphatic heterocycles. The predicted molar refractivity (Wildman–Crippen MR) is 67.1 cm³/mol. The van der Waals surface area contributed by atoms with Crippen molar-refractivity contribution in [3.05, 3.63) is 29.8 Å². The number of hydrogen-bond donors (Lipinski definition) is 1. The zero-order chi connectivity index (χ0) is 11.9.